The van der Waals surface area contributed by atoms with Crippen LogP contribution >= 0.6 is 0 Å². The van der Waals surface area contributed by atoms with Crippen molar-refractivity contribution in [2.75, 3.05) is 0 Å². The molecule has 0 aliphatic rings. The second kappa shape index (κ2) is 8.99. The Kier molecular flexibility index (Phi) is 6.22. The number of rotatable bonds is 6. The van der Waals surface area contributed by atoms with Crippen molar-refractivity contribution in [3.05, 3.63) is 88.7 Å². The Morgan fingerprint density at radius 2 is 1.54 bits per heavy atom. The molecule has 28 heavy (non-hydrogen) atoms. The highest BCUT2D eigenvalue weighted by atomic mass is 16.2. The SMILES string of the molecule is CCc1ccc(C(=O)NNC(=O)c2cnn(Cc3ccccc3)c2CC)cc1. The molecule has 1 aromatic heterocycles. The Balaban J connectivity index is 1.66. The first-order valence-corrected chi connectivity index (χ1v) is 9.40. The van der Waals surface area contributed by atoms with Crippen LogP contribution < -0.4 is 10.9 Å². The van der Waals surface area contributed by atoms with Gasteiger partial charge in [0, 0.05) is 5.56 Å². The summed E-state index contributed by atoms with van der Waals surface area (Å²) >= 11 is 0. The Hall–Kier alpha value is -3.41. The molecule has 0 saturated heterocycles. The lowest BCUT2D eigenvalue weighted by molar-refractivity contribution is 0.0846. The number of benzene rings is 2. The first-order chi connectivity index (χ1) is 13.6. The molecule has 0 atom stereocenters. The lowest BCUT2D eigenvalue weighted by Gasteiger charge is -2.10. The van der Waals surface area contributed by atoms with Crippen molar-refractivity contribution in [1.29, 1.82) is 0 Å². The molecule has 3 rings (SSSR count). The monoisotopic (exact) mass is 376 g/mol. The minimum Gasteiger partial charge on any atom is -0.267 e. The molecule has 2 amide bonds. The fourth-order valence-electron chi connectivity index (χ4n) is 3.01. The van der Waals surface area contributed by atoms with Crippen LogP contribution in [0.5, 0.6) is 0 Å². The zero-order valence-corrected chi connectivity index (χ0v) is 16.1. The predicted octanol–water partition coefficient (Wildman–Crippen LogP) is 3.13. The summed E-state index contributed by atoms with van der Waals surface area (Å²) in [7, 11) is 0. The van der Waals surface area contributed by atoms with E-state index in [1.807, 2.05) is 54.1 Å². The van der Waals surface area contributed by atoms with Gasteiger partial charge in [0.25, 0.3) is 11.8 Å². The van der Waals surface area contributed by atoms with Crippen LogP contribution in [0.15, 0.2) is 60.8 Å². The number of amides is 2. The average molecular weight is 376 g/mol. The second-order valence-corrected chi connectivity index (χ2v) is 6.46. The van der Waals surface area contributed by atoms with E-state index in [9.17, 15) is 9.59 Å². The van der Waals surface area contributed by atoms with E-state index in [2.05, 4.69) is 22.9 Å². The van der Waals surface area contributed by atoms with Crippen molar-refractivity contribution in [3.63, 3.8) is 0 Å². The van der Waals surface area contributed by atoms with Crippen LogP contribution in [0.2, 0.25) is 0 Å². The largest absolute Gasteiger partial charge is 0.273 e. The minimum atomic E-state index is -0.380. The third kappa shape index (κ3) is 4.46. The van der Waals surface area contributed by atoms with Gasteiger partial charge in [-0.15, -0.1) is 0 Å². The van der Waals surface area contributed by atoms with E-state index in [4.69, 9.17) is 0 Å². The molecule has 2 aromatic carbocycles. The highest BCUT2D eigenvalue weighted by Gasteiger charge is 2.17. The third-order valence-electron chi connectivity index (χ3n) is 4.62. The maximum atomic E-state index is 12.5. The quantitative estimate of drug-likeness (QED) is 0.649. The van der Waals surface area contributed by atoms with E-state index < -0.39 is 0 Å². The van der Waals surface area contributed by atoms with Crippen LogP contribution in [0.25, 0.3) is 0 Å². The molecule has 1 heterocycles. The maximum Gasteiger partial charge on any atom is 0.273 e. The van der Waals surface area contributed by atoms with Crippen LogP contribution in [0.3, 0.4) is 0 Å². The van der Waals surface area contributed by atoms with E-state index in [-0.39, 0.29) is 11.8 Å². The lowest BCUT2D eigenvalue weighted by Crippen LogP contribution is -2.41. The zero-order chi connectivity index (χ0) is 19.9. The van der Waals surface area contributed by atoms with Crippen molar-refractivity contribution < 1.29 is 9.59 Å². The summed E-state index contributed by atoms with van der Waals surface area (Å²) in [5, 5.41) is 4.35. The van der Waals surface area contributed by atoms with Gasteiger partial charge in [0.1, 0.15) is 0 Å². The molecule has 2 N–H and O–H groups in total. The van der Waals surface area contributed by atoms with Crippen molar-refractivity contribution in [1.82, 2.24) is 20.6 Å². The molecule has 0 unspecified atom stereocenters. The van der Waals surface area contributed by atoms with Gasteiger partial charge in [0.15, 0.2) is 0 Å². The van der Waals surface area contributed by atoms with Gasteiger partial charge in [0.2, 0.25) is 0 Å². The molecule has 6 heteroatoms. The fraction of sp³-hybridized carbons (Fsp3) is 0.227. The van der Waals surface area contributed by atoms with E-state index in [1.165, 1.54) is 0 Å². The van der Waals surface area contributed by atoms with Crippen LogP contribution in [0, 0.1) is 0 Å². The van der Waals surface area contributed by atoms with E-state index in [0.29, 0.717) is 24.1 Å². The van der Waals surface area contributed by atoms with Crippen molar-refractivity contribution >= 4 is 11.8 Å². The summed E-state index contributed by atoms with van der Waals surface area (Å²) in [4.78, 5) is 24.8. The number of aryl methyl sites for hydroxylation is 1. The molecule has 144 valence electrons. The fourth-order valence-corrected chi connectivity index (χ4v) is 3.01. The van der Waals surface area contributed by atoms with Crippen LogP contribution in [-0.4, -0.2) is 21.6 Å². The van der Waals surface area contributed by atoms with Crippen molar-refractivity contribution in [2.24, 2.45) is 0 Å². The van der Waals surface area contributed by atoms with Crippen LogP contribution in [-0.2, 0) is 19.4 Å². The molecule has 0 aliphatic carbocycles. The van der Waals surface area contributed by atoms with Gasteiger partial charge in [-0.05, 0) is 36.1 Å². The van der Waals surface area contributed by atoms with Gasteiger partial charge in [0.05, 0.1) is 24.0 Å². The molecule has 0 aliphatic heterocycles. The van der Waals surface area contributed by atoms with Gasteiger partial charge in [-0.3, -0.25) is 25.1 Å². The number of carbonyl (C=O) groups excluding carboxylic acids is 2. The van der Waals surface area contributed by atoms with E-state index in [1.54, 1.807) is 18.3 Å². The van der Waals surface area contributed by atoms with E-state index >= 15 is 0 Å². The van der Waals surface area contributed by atoms with Gasteiger partial charge >= 0.3 is 0 Å². The summed E-state index contributed by atoms with van der Waals surface area (Å²) in [6, 6.07) is 17.2. The summed E-state index contributed by atoms with van der Waals surface area (Å²) in [5.41, 5.74) is 8.99. The second-order valence-electron chi connectivity index (χ2n) is 6.46. The molecule has 0 fully saturated rings. The topological polar surface area (TPSA) is 76.0 Å². The smallest absolute Gasteiger partial charge is 0.267 e. The van der Waals surface area contributed by atoms with Gasteiger partial charge in [-0.2, -0.15) is 5.10 Å². The number of hydrogen-bond donors (Lipinski definition) is 2. The molecule has 0 radical (unpaired) electrons. The van der Waals surface area contributed by atoms with Gasteiger partial charge < -0.3 is 0 Å². The minimum absolute atomic E-state index is 0.356. The Morgan fingerprint density at radius 1 is 0.857 bits per heavy atom. The van der Waals surface area contributed by atoms with Crippen LogP contribution in [0.4, 0.5) is 0 Å². The molecular weight excluding hydrogens is 352 g/mol. The molecule has 6 nitrogen and oxygen atoms in total. The highest BCUT2D eigenvalue weighted by Crippen LogP contribution is 2.12. The molecule has 0 spiro atoms. The number of hydrazine groups is 1. The average Bonchev–Trinajstić information content (AvgIpc) is 3.15. The molecule has 3 aromatic rings. The van der Waals surface area contributed by atoms with Crippen LogP contribution in [0.1, 0.15) is 51.4 Å². The first kappa shape index (κ1) is 19.4. The first-order valence-electron chi connectivity index (χ1n) is 9.40. The number of carbonyl (C=O) groups is 2. The summed E-state index contributed by atoms with van der Waals surface area (Å²) < 4.78 is 1.82. The van der Waals surface area contributed by atoms with Gasteiger partial charge in [-0.25, -0.2) is 0 Å². The maximum absolute atomic E-state index is 12.5. The number of nitrogens with one attached hydrogen (secondary N) is 2. The summed E-state index contributed by atoms with van der Waals surface area (Å²) in [5.74, 6) is -0.736. The zero-order valence-electron chi connectivity index (χ0n) is 16.1. The Bertz CT molecular complexity index is 946. The van der Waals surface area contributed by atoms with Gasteiger partial charge in [-0.1, -0.05) is 56.3 Å². The third-order valence-corrected chi connectivity index (χ3v) is 4.62. The summed E-state index contributed by atoms with van der Waals surface area (Å²) in [6.45, 7) is 4.62. The number of aromatic nitrogens is 2. The van der Waals surface area contributed by atoms with Crippen molar-refractivity contribution in [2.45, 2.75) is 33.2 Å². The number of hydrogen-bond acceptors (Lipinski definition) is 3. The molecule has 0 bridgehead atoms. The lowest BCUT2D eigenvalue weighted by atomic mass is 10.1. The Labute approximate surface area is 164 Å². The normalized spacial score (nSPS) is 10.5. The predicted molar refractivity (Wildman–Crippen MR) is 108 cm³/mol. The van der Waals surface area contributed by atoms with Crippen molar-refractivity contribution in [3.8, 4) is 0 Å². The number of nitrogens with zero attached hydrogens (tertiary/aromatic N) is 2. The van der Waals surface area contributed by atoms with E-state index in [0.717, 1.165) is 23.2 Å². The molecule has 0 saturated carbocycles. The Morgan fingerprint density at radius 3 is 2.18 bits per heavy atom. The summed E-state index contributed by atoms with van der Waals surface area (Å²) in [6.07, 6.45) is 3.10. The highest BCUT2D eigenvalue weighted by molar-refractivity contribution is 5.99. The standard InChI is InChI=1S/C22H24N4O2/c1-3-16-10-12-18(13-11-16)21(27)24-25-22(28)19-14-23-26(20(19)4-2)15-17-8-6-5-7-9-17/h5-14H,3-4,15H2,1-2H3,(H,24,27)(H,25,28). The molecular formula is C22H24N4O2.